The Labute approximate surface area is 413 Å². The van der Waals surface area contributed by atoms with Gasteiger partial charge < -0.3 is 82.3 Å². The number of unbranched alkanes of at least 4 members (excludes halogenated alkanes) is 7. The molecule has 71 heavy (non-hydrogen) atoms. The first kappa shape index (κ1) is 58.6. The Morgan fingerprint density at radius 2 is 1.34 bits per heavy atom. The lowest BCUT2D eigenvalue weighted by Gasteiger charge is -2.33. The van der Waals surface area contributed by atoms with E-state index in [1.165, 1.54) is 31.9 Å². The summed E-state index contributed by atoms with van der Waals surface area (Å²) in [5, 5.41) is 109. The second-order valence-corrected chi connectivity index (χ2v) is 19.5. The van der Waals surface area contributed by atoms with Crippen LogP contribution in [-0.4, -0.2) is 190 Å². The van der Waals surface area contributed by atoms with Gasteiger partial charge in [0.15, 0.2) is 6.23 Å². The molecule has 3 heterocycles. The molecule has 7 amide bonds. The maximum absolute atomic E-state index is 14.3. The van der Waals surface area contributed by atoms with Crippen molar-refractivity contribution >= 4 is 41.4 Å². The molecule has 1 aromatic carbocycles. The second-order valence-electron chi connectivity index (χ2n) is 19.5. The highest BCUT2D eigenvalue weighted by molar-refractivity contribution is 5.98. The smallest absolute Gasteiger partial charge is 0.248 e. The highest BCUT2D eigenvalue weighted by Crippen LogP contribution is 2.27. The number of phenolic OH excluding ortho intramolecular Hbond substituents is 1. The fraction of sp³-hybridized carbons (Fsp3) is 0.729. The summed E-state index contributed by atoms with van der Waals surface area (Å²) in [5.41, 5.74) is -0.0577. The lowest BCUT2D eigenvalue weighted by atomic mass is 9.97. The quantitative estimate of drug-likeness (QED) is 0.0672. The zero-order chi connectivity index (χ0) is 52.7. The van der Waals surface area contributed by atoms with E-state index in [0.717, 1.165) is 67.4 Å². The van der Waals surface area contributed by atoms with Gasteiger partial charge in [-0.1, -0.05) is 90.7 Å². The molecule has 0 radical (unpaired) electrons. The molecule has 0 aromatic heterocycles. The Morgan fingerprint density at radius 1 is 0.732 bits per heavy atom. The van der Waals surface area contributed by atoms with Crippen LogP contribution in [0.15, 0.2) is 24.3 Å². The van der Waals surface area contributed by atoms with E-state index in [0.29, 0.717) is 18.8 Å². The molecule has 4 rings (SSSR count). The molecule has 23 heteroatoms. The van der Waals surface area contributed by atoms with Gasteiger partial charge >= 0.3 is 0 Å². The number of benzene rings is 1. The molecule has 0 saturated carbocycles. The van der Waals surface area contributed by atoms with E-state index < -0.39 is 152 Å². The Kier molecular flexibility index (Phi) is 22.9. The van der Waals surface area contributed by atoms with Crippen LogP contribution in [0.5, 0.6) is 5.75 Å². The van der Waals surface area contributed by atoms with E-state index in [-0.39, 0.29) is 24.3 Å². The van der Waals surface area contributed by atoms with Gasteiger partial charge in [0, 0.05) is 38.3 Å². The molecule has 1 aromatic rings. The Morgan fingerprint density at radius 3 is 1.94 bits per heavy atom. The van der Waals surface area contributed by atoms with E-state index in [9.17, 15) is 79.5 Å². The third-order valence-corrected chi connectivity index (χ3v) is 13.8. The summed E-state index contributed by atoms with van der Waals surface area (Å²) in [6.07, 6.45) is -4.65. The van der Waals surface area contributed by atoms with Crippen LogP contribution in [0.1, 0.15) is 123 Å². The van der Waals surface area contributed by atoms with Crippen LogP contribution in [0, 0.1) is 11.8 Å². The first-order valence-electron chi connectivity index (χ1n) is 24.9. The summed E-state index contributed by atoms with van der Waals surface area (Å²) in [5.74, 6) is -8.20. The van der Waals surface area contributed by atoms with Crippen molar-refractivity contribution in [3.05, 3.63) is 29.8 Å². The van der Waals surface area contributed by atoms with Gasteiger partial charge in [0.2, 0.25) is 41.4 Å². The third kappa shape index (κ3) is 16.2. The number of carbonyl (C=O) groups excluding carboxylic acids is 7. The van der Waals surface area contributed by atoms with Crippen molar-refractivity contribution in [3.8, 4) is 5.75 Å². The van der Waals surface area contributed by atoms with Crippen molar-refractivity contribution in [1.29, 1.82) is 0 Å². The first-order chi connectivity index (χ1) is 33.6. The summed E-state index contributed by atoms with van der Waals surface area (Å²) in [6, 6.07) is -6.51. The van der Waals surface area contributed by atoms with E-state index in [4.69, 9.17) is 0 Å². The summed E-state index contributed by atoms with van der Waals surface area (Å²) in [7, 11) is 0. The maximum Gasteiger partial charge on any atom is 0.248 e. The molecule has 0 spiro atoms. The number of aliphatic hydroxyl groups excluding tert-OH is 8. The largest absolute Gasteiger partial charge is 0.508 e. The van der Waals surface area contributed by atoms with Crippen LogP contribution in [0.3, 0.4) is 0 Å². The molecule has 400 valence electrons. The van der Waals surface area contributed by atoms with Crippen LogP contribution in [0.2, 0.25) is 0 Å². The number of hydrogen-bond acceptors (Lipinski definition) is 16. The minimum absolute atomic E-state index is 0.0508. The minimum Gasteiger partial charge on any atom is -0.508 e. The minimum atomic E-state index is -2.26. The van der Waals surface area contributed by atoms with Crippen LogP contribution in [0.25, 0.3) is 0 Å². The fourth-order valence-corrected chi connectivity index (χ4v) is 9.17. The van der Waals surface area contributed by atoms with Crippen molar-refractivity contribution in [2.24, 2.45) is 11.8 Å². The van der Waals surface area contributed by atoms with Gasteiger partial charge in [-0.25, -0.2) is 0 Å². The predicted octanol–water partition coefficient (Wildman–Crippen LogP) is -2.59. The van der Waals surface area contributed by atoms with E-state index in [1.54, 1.807) is 0 Å². The van der Waals surface area contributed by atoms with Gasteiger partial charge in [0.05, 0.1) is 24.9 Å². The standard InChI is InChI=1S/C48H77N7O16/c1-5-25(2)14-12-10-8-6-7-9-11-13-15-35(61)49-31-21-34(60)44(67)53-46(69)38-39(62)26(3)22-55(38)47(70)32(24-56)50-45(68)37(41(64)40(63)28-16-18-29(58)19-17-28)52-43(66)33-20-30(59)23-54(33)48(71)36(27(4)57)51-42(31)65/h16-19,25-27,30-34,36-41,44,56-60,62-64,67H,5-15,20-24H2,1-4H3,(H,49,61)(H,50,68)(H,51,65)(H,52,66)(H,53,69)/t25?,26-,27+,30+,31-,32-,33-,34+,36-,37-,38-,39-,40-,41-,44+/m0/s1. The Balaban J connectivity index is 1.65. The number of amides is 7. The van der Waals surface area contributed by atoms with Crippen molar-refractivity contribution in [1.82, 2.24) is 36.4 Å². The number of fused-ring (bicyclic) bond motifs is 2. The zero-order valence-corrected chi connectivity index (χ0v) is 41.1. The monoisotopic (exact) mass is 1010 g/mol. The first-order valence-corrected chi connectivity index (χ1v) is 24.9. The molecule has 0 aliphatic carbocycles. The molecule has 15 atom stereocenters. The van der Waals surface area contributed by atoms with Gasteiger partial charge in [0.1, 0.15) is 60.3 Å². The Bertz CT molecular complexity index is 1950. The summed E-state index contributed by atoms with van der Waals surface area (Å²) in [6.45, 7) is 5.00. The third-order valence-electron chi connectivity index (χ3n) is 13.8. The van der Waals surface area contributed by atoms with Gasteiger partial charge in [-0.15, -0.1) is 0 Å². The number of nitrogens with zero attached hydrogens (tertiary/aromatic N) is 2. The topological polar surface area (TPSA) is 368 Å². The fourth-order valence-electron chi connectivity index (χ4n) is 9.17. The molecule has 3 aliphatic heterocycles. The van der Waals surface area contributed by atoms with Gasteiger partial charge in [-0.2, -0.15) is 0 Å². The van der Waals surface area contributed by atoms with E-state index in [2.05, 4.69) is 40.4 Å². The number of nitrogens with one attached hydrogen (secondary N) is 5. The molecular formula is C48H77N7O16. The normalized spacial score (nSPS) is 30.2. The summed E-state index contributed by atoms with van der Waals surface area (Å²) >= 11 is 0. The molecule has 0 bridgehead atoms. The van der Waals surface area contributed by atoms with E-state index >= 15 is 0 Å². The van der Waals surface area contributed by atoms with Gasteiger partial charge in [-0.05, 0) is 37.0 Å². The molecule has 23 nitrogen and oxygen atoms in total. The van der Waals surface area contributed by atoms with Crippen molar-refractivity contribution in [3.63, 3.8) is 0 Å². The second kappa shape index (κ2) is 27.7. The van der Waals surface area contributed by atoms with Crippen LogP contribution in [0.4, 0.5) is 0 Å². The van der Waals surface area contributed by atoms with Crippen molar-refractivity contribution in [2.45, 2.75) is 190 Å². The molecular weight excluding hydrogens is 931 g/mol. The van der Waals surface area contributed by atoms with Crippen LogP contribution < -0.4 is 26.6 Å². The number of aliphatic hydroxyl groups is 8. The molecule has 1 unspecified atom stereocenters. The van der Waals surface area contributed by atoms with Crippen LogP contribution in [-0.2, 0) is 33.6 Å². The zero-order valence-electron chi connectivity index (χ0n) is 41.1. The Hall–Kier alpha value is -5.01. The lowest BCUT2D eigenvalue weighted by molar-refractivity contribution is -0.147. The maximum atomic E-state index is 14.3. The number of carbonyl (C=O) groups is 7. The molecule has 3 saturated heterocycles. The number of aromatic hydroxyl groups is 1. The number of hydrogen-bond donors (Lipinski definition) is 14. The molecule has 3 fully saturated rings. The van der Waals surface area contributed by atoms with Gasteiger partial charge in [-0.3, -0.25) is 33.6 Å². The molecule has 3 aliphatic rings. The van der Waals surface area contributed by atoms with Crippen LogP contribution >= 0.6 is 0 Å². The average Bonchev–Trinajstić information content (AvgIpc) is 3.88. The molecule has 14 N–H and O–H groups in total. The lowest BCUT2D eigenvalue weighted by Crippen LogP contribution is -2.63. The van der Waals surface area contributed by atoms with E-state index in [1.807, 2.05) is 0 Å². The number of phenols is 1. The highest BCUT2D eigenvalue weighted by atomic mass is 16.3. The summed E-state index contributed by atoms with van der Waals surface area (Å²) < 4.78 is 0. The SMILES string of the molecule is CCC(C)CCCCCCCCCCC(=O)N[C@H]1C[C@@H](O)[C@@H](O)NC(=O)[C@@H]2[C@@H](O)[C@@H](C)CN2C(=O)[C@H](CO)NC(=O)[C@H]([C@H](O)[C@@H](O)c2ccc(O)cc2)NC(=O)[C@@H]2C[C@@H](O)CN2C(=O)[C@H]([C@@H](C)O)NC1=O. The van der Waals surface area contributed by atoms with Crippen molar-refractivity contribution < 1.29 is 79.5 Å². The number of rotatable bonds is 18. The van der Waals surface area contributed by atoms with Crippen molar-refractivity contribution in [2.75, 3.05) is 19.7 Å². The summed E-state index contributed by atoms with van der Waals surface area (Å²) in [4.78, 5) is 99.4. The highest BCUT2D eigenvalue weighted by Gasteiger charge is 2.49. The predicted molar refractivity (Wildman–Crippen MR) is 253 cm³/mol. The van der Waals surface area contributed by atoms with Gasteiger partial charge in [0.25, 0.3) is 0 Å². The average molecular weight is 1010 g/mol.